The summed E-state index contributed by atoms with van der Waals surface area (Å²) >= 11 is 1.39. The van der Waals surface area contributed by atoms with Crippen LogP contribution in [0.3, 0.4) is 0 Å². The molecule has 0 fully saturated rings. The Balaban J connectivity index is 1.59. The van der Waals surface area contributed by atoms with E-state index in [0.29, 0.717) is 10.9 Å². The highest BCUT2D eigenvalue weighted by Crippen LogP contribution is 2.29. The van der Waals surface area contributed by atoms with Crippen LogP contribution in [0.4, 0.5) is 0 Å². The normalized spacial score (nSPS) is 13.3. The number of nitrogens with one attached hydrogen (secondary N) is 1. The van der Waals surface area contributed by atoms with Gasteiger partial charge >= 0.3 is 0 Å². The Kier molecular flexibility index (Phi) is 4.50. The number of aliphatic hydroxyl groups excluding tert-OH is 1. The van der Waals surface area contributed by atoms with Gasteiger partial charge in [0.15, 0.2) is 0 Å². The molecule has 26 heavy (non-hydrogen) atoms. The van der Waals surface area contributed by atoms with Crippen LogP contribution in [0, 0.1) is 0 Å². The number of hydrogen-bond acceptors (Lipinski definition) is 4. The van der Waals surface area contributed by atoms with E-state index in [0.717, 1.165) is 15.5 Å². The average Bonchev–Trinajstić information content (AvgIpc) is 3.11. The smallest absolute Gasteiger partial charge is 0.242 e. The Labute approximate surface area is 155 Å². The predicted octanol–water partition coefficient (Wildman–Crippen LogP) is 4.07. The molecule has 0 saturated carbocycles. The number of rotatable bonds is 5. The monoisotopic (exact) mass is 383 g/mol. The lowest BCUT2D eigenvalue weighted by Gasteiger charge is -2.15. The molecular formula is C20H17NO3S2. The third-order valence-electron chi connectivity index (χ3n) is 4.38. The lowest BCUT2D eigenvalue weighted by Crippen LogP contribution is -2.28. The van der Waals surface area contributed by atoms with Crippen molar-refractivity contribution >= 4 is 42.2 Å². The summed E-state index contributed by atoms with van der Waals surface area (Å²) in [6, 6.07) is 20.8. The first-order chi connectivity index (χ1) is 12.6. The van der Waals surface area contributed by atoms with E-state index in [9.17, 15) is 13.5 Å². The number of aliphatic hydroxyl groups is 1. The summed E-state index contributed by atoms with van der Waals surface area (Å²) in [5, 5.41) is 14.8. The first kappa shape index (κ1) is 17.2. The molecule has 0 amide bonds. The highest BCUT2D eigenvalue weighted by molar-refractivity contribution is 7.90. The summed E-state index contributed by atoms with van der Waals surface area (Å²) in [6.07, 6.45) is -0.930. The summed E-state index contributed by atoms with van der Waals surface area (Å²) in [5.74, 6) is 0. The van der Waals surface area contributed by atoms with E-state index in [2.05, 4.69) is 4.72 Å². The molecule has 1 atom stereocenters. The first-order valence-electron chi connectivity index (χ1n) is 8.18. The summed E-state index contributed by atoms with van der Waals surface area (Å²) in [6.45, 7) is -0.0828. The van der Waals surface area contributed by atoms with Crippen molar-refractivity contribution in [3.63, 3.8) is 0 Å². The Hall–Kier alpha value is -2.25. The quantitative estimate of drug-likeness (QED) is 0.546. The summed E-state index contributed by atoms with van der Waals surface area (Å²) < 4.78 is 28.8. The van der Waals surface area contributed by atoms with Crippen LogP contribution in [-0.2, 0) is 10.0 Å². The van der Waals surface area contributed by atoms with E-state index in [1.807, 2.05) is 60.7 Å². The van der Waals surface area contributed by atoms with Crippen molar-refractivity contribution in [3.8, 4) is 0 Å². The van der Waals surface area contributed by atoms with E-state index < -0.39 is 16.1 Å². The lowest BCUT2D eigenvalue weighted by atomic mass is 10.0. The van der Waals surface area contributed by atoms with Gasteiger partial charge in [-0.1, -0.05) is 60.7 Å². The SMILES string of the molecule is O=S(=O)(NCC(O)c1cccc2ccccc12)c1csc2ccccc12. The van der Waals surface area contributed by atoms with Crippen LogP contribution < -0.4 is 4.72 Å². The van der Waals surface area contributed by atoms with E-state index >= 15 is 0 Å². The molecule has 4 aromatic rings. The van der Waals surface area contributed by atoms with Crippen LogP contribution in [0.25, 0.3) is 20.9 Å². The molecule has 0 saturated heterocycles. The van der Waals surface area contributed by atoms with Crippen LogP contribution in [-0.4, -0.2) is 20.1 Å². The first-order valence-corrected chi connectivity index (χ1v) is 10.5. The molecule has 2 N–H and O–H groups in total. The molecule has 4 rings (SSSR count). The van der Waals surface area contributed by atoms with Crippen LogP contribution in [0.2, 0.25) is 0 Å². The molecule has 0 aliphatic heterocycles. The molecule has 0 bridgehead atoms. The van der Waals surface area contributed by atoms with Gasteiger partial charge in [-0.2, -0.15) is 0 Å². The van der Waals surface area contributed by atoms with Crippen molar-refractivity contribution in [2.24, 2.45) is 0 Å². The highest BCUT2D eigenvalue weighted by atomic mass is 32.2. The standard InChI is InChI=1S/C20H17NO3S2/c22-18(16-10-5-7-14-6-1-2-8-15(14)16)12-21-26(23,24)20-13-25-19-11-4-3-9-17(19)20/h1-11,13,18,21-22H,12H2. The van der Waals surface area contributed by atoms with Gasteiger partial charge in [-0.3, -0.25) is 0 Å². The van der Waals surface area contributed by atoms with Gasteiger partial charge in [-0.15, -0.1) is 11.3 Å². The van der Waals surface area contributed by atoms with Crippen LogP contribution in [0.1, 0.15) is 11.7 Å². The summed E-state index contributed by atoms with van der Waals surface area (Å²) in [7, 11) is -3.70. The molecule has 0 spiro atoms. The van der Waals surface area contributed by atoms with E-state index in [1.165, 1.54) is 11.3 Å². The predicted molar refractivity (Wildman–Crippen MR) is 106 cm³/mol. The topological polar surface area (TPSA) is 66.4 Å². The van der Waals surface area contributed by atoms with Gasteiger partial charge in [0.2, 0.25) is 10.0 Å². The fraction of sp³-hybridized carbons (Fsp3) is 0.100. The van der Waals surface area contributed by atoms with Crippen molar-refractivity contribution in [2.75, 3.05) is 6.54 Å². The molecule has 1 unspecified atom stereocenters. The van der Waals surface area contributed by atoms with E-state index in [1.54, 1.807) is 11.4 Å². The second kappa shape index (κ2) is 6.81. The van der Waals surface area contributed by atoms with Crippen molar-refractivity contribution in [1.29, 1.82) is 0 Å². The fourth-order valence-electron chi connectivity index (χ4n) is 3.08. The van der Waals surface area contributed by atoms with Crippen molar-refractivity contribution in [2.45, 2.75) is 11.0 Å². The molecular weight excluding hydrogens is 366 g/mol. The lowest BCUT2D eigenvalue weighted by molar-refractivity contribution is 0.183. The zero-order valence-corrected chi connectivity index (χ0v) is 15.4. The molecule has 0 aliphatic carbocycles. The maximum absolute atomic E-state index is 12.7. The maximum atomic E-state index is 12.7. The maximum Gasteiger partial charge on any atom is 0.242 e. The molecule has 132 valence electrons. The third kappa shape index (κ3) is 3.12. The second-order valence-electron chi connectivity index (χ2n) is 6.03. The largest absolute Gasteiger partial charge is 0.387 e. The minimum absolute atomic E-state index is 0.0828. The number of benzene rings is 3. The summed E-state index contributed by atoms with van der Waals surface area (Å²) in [4.78, 5) is 0.253. The van der Waals surface area contributed by atoms with Crippen LogP contribution in [0.15, 0.2) is 77.0 Å². The van der Waals surface area contributed by atoms with Gasteiger partial charge in [0, 0.05) is 22.0 Å². The van der Waals surface area contributed by atoms with Gasteiger partial charge in [0.25, 0.3) is 0 Å². The Morgan fingerprint density at radius 3 is 2.46 bits per heavy atom. The Morgan fingerprint density at radius 1 is 0.923 bits per heavy atom. The van der Waals surface area contributed by atoms with E-state index in [4.69, 9.17) is 0 Å². The van der Waals surface area contributed by atoms with Crippen LogP contribution in [0.5, 0.6) is 0 Å². The Bertz CT molecular complexity index is 1180. The number of hydrogen-bond donors (Lipinski definition) is 2. The zero-order chi connectivity index (χ0) is 18.1. The molecule has 1 heterocycles. The van der Waals surface area contributed by atoms with Gasteiger partial charge in [0.05, 0.1) is 6.10 Å². The molecule has 1 aromatic heterocycles. The molecule has 3 aromatic carbocycles. The fourth-order valence-corrected chi connectivity index (χ4v) is 5.62. The van der Waals surface area contributed by atoms with Gasteiger partial charge < -0.3 is 5.11 Å². The number of sulfonamides is 1. The minimum atomic E-state index is -3.70. The Morgan fingerprint density at radius 2 is 1.62 bits per heavy atom. The van der Waals surface area contributed by atoms with Gasteiger partial charge in [0.1, 0.15) is 4.90 Å². The summed E-state index contributed by atoms with van der Waals surface area (Å²) in [5.41, 5.74) is 0.709. The van der Waals surface area contributed by atoms with Crippen molar-refractivity contribution in [3.05, 3.63) is 77.7 Å². The zero-order valence-electron chi connectivity index (χ0n) is 13.8. The van der Waals surface area contributed by atoms with Crippen molar-refractivity contribution < 1.29 is 13.5 Å². The van der Waals surface area contributed by atoms with Crippen LogP contribution >= 0.6 is 11.3 Å². The van der Waals surface area contributed by atoms with Crippen molar-refractivity contribution in [1.82, 2.24) is 4.72 Å². The average molecular weight is 383 g/mol. The van der Waals surface area contributed by atoms with Gasteiger partial charge in [-0.25, -0.2) is 13.1 Å². The molecule has 0 aliphatic rings. The van der Waals surface area contributed by atoms with Gasteiger partial charge in [-0.05, 0) is 22.4 Å². The molecule has 0 radical (unpaired) electrons. The minimum Gasteiger partial charge on any atom is -0.387 e. The number of thiophene rings is 1. The second-order valence-corrected chi connectivity index (χ2v) is 8.68. The molecule has 6 heteroatoms. The van der Waals surface area contributed by atoms with E-state index in [-0.39, 0.29) is 11.4 Å². The molecule has 4 nitrogen and oxygen atoms in total. The third-order valence-corrected chi connectivity index (χ3v) is 6.96. The highest BCUT2D eigenvalue weighted by Gasteiger charge is 2.21. The number of fused-ring (bicyclic) bond motifs is 2.